The van der Waals surface area contributed by atoms with Crippen molar-refractivity contribution >= 4 is 10.8 Å². The molecule has 3 nitrogen and oxygen atoms in total. The van der Waals surface area contributed by atoms with Gasteiger partial charge in [-0.25, -0.2) is 14.5 Å². The average Bonchev–Trinajstić information content (AvgIpc) is 2.62. The summed E-state index contributed by atoms with van der Waals surface area (Å²) in [5.41, 5.74) is 5.79. The lowest BCUT2D eigenvalue weighted by Crippen LogP contribution is -2.30. The van der Waals surface area contributed by atoms with Crippen LogP contribution in [0, 0.1) is 6.92 Å². The molecule has 0 fully saturated rings. The Morgan fingerprint density at radius 2 is 1.75 bits per heavy atom. The van der Waals surface area contributed by atoms with Gasteiger partial charge in [-0.1, -0.05) is 30.3 Å². The Bertz CT molecular complexity index is 1020. The Labute approximate surface area is 141 Å². The highest BCUT2D eigenvalue weighted by molar-refractivity contribution is 5.96. The number of fused-ring (bicyclic) bond motifs is 1. The largest absolute Gasteiger partial charge is 0.245 e. The molecular formula is C21H18N3+. The fourth-order valence-corrected chi connectivity index (χ4v) is 3.17. The van der Waals surface area contributed by atoms with E-state index >= 15 is 0 Å². The maximum absolute atomic E-state index is 4.42. The molecule has 24 heavy (non-hydrogen) atoms. The maximum Gasteiger partial charge on any atom is 0.213 e. The number of rotatable bonds is 2. The standard InChI is InChI=1S/C21H18N3/c1-15-6-3-4-8-17(15)21-12-19-16(13-24(21)2)7-5-9-18(19)20-10-11-22-14-23-20/h3-14H,1-2H3/q+1. The van der Waals surface area contributed by atoms with Gasteiger partial charge in [-0.15, -0.1) is 0 Å². The van der Waals surface area contributed by atoms with Crippen LogP contribution in [-0.2, 0) is 7.05 Å². The highest BCUT2D eigenvalue weighted by Gasteiger charge is 2.16. The average molecular weight is 312 g/mol. The summed E-state index contributed by atoms with van der Waals surface area (Å²) in [6.45, 7) is 2.15. The second kappa shape index (κ2) is 5.85. The second-order valence-corrected chi connectivity index (χ2v) is 5.99. The molecule has 0 aliphatic rings. The number of benzene rings is 2. The first-order valence-electron chi connectivity index (χ1n) is 7.99. The van der Waals surface area contributed by atoms with E-state index in [4.69, 9.17) is 0 Å². The van der Waals surface area contributed by atoms with Gasteiger partial charge < -0.3 is 0 Å². The molecular weight excluding hydrogens is 294 g/mol. The number of hydrogen-bond donors (Lipinski definition) is 0. The number of hydrogen-bond acceptors (Lipinski definition) is 2. The zero-order chi connectivity index (χ0) is 16.5. The van der Waals surface area contributed by atoms with Gasteiger partial charge in [-0.3, -0.25) is 0 Å². The van der Waals surface area contributed by atoms with Gasteiger partial charge >= 0.3 is 0 Å². The van der Waals surface area contributed by atoms with E-state index in [1.165, 1.54) is 27.6 Å². The summed E-state index contributed by atoms with van der Waals surface area (Å²) in [5, 5.41) is 2.40. The molecule has 2 heterocycles. The topological polar surface area (TPSA) is 29.7 Å². The van der Waals surface area contributed by atoms with E-state index < -0.39 is 0 Å². The molecule has 0 unspecified atom stereocenters. The van der Waals surface area contributed by atoms with Crippen molar-refractivity contribution in [2.45, 2.75) is 6.92 Å². The van der Waals surface area contributed by atoms with Crippen LogP contribution < -0.4 is 4.57 Å². The lowest BCUT2D eigenvalue weighted by molar-refractivity contribution is -0.659. The summed E-state index contributed by atoms with van der Waals surface area (Å²) >= 11 is 0. The molecule has 0 amide bonds. The highest BCUT2D eigenvalue weighted by Crippen LogP contribution is 2.29. The van der Waals surface area contributed by atoms with Crippen molar-refractivity contribution in [1.29, 1.82) is 0 Å². The smallest absolute Gasteiger partial charge is 0.213 e. The van der Waals surface area contributed by atoms with Gasteiger partial charge in [0.1, 0.15) is 13.4 Å². The highest BCUT2D eigenvalue weighted by atomic mass is 14.9. The van der Waals surface area contributed by atoms with Gasteiger partial charge in [0, 0.05) is 34.2 Å². The summed E-state index contributed by atoms with van der Waals surface area (Å²) < 4.78 is 2.19. The summed E-state index contributed by atoms with van der Waals surface area (Å²) in [7, 11) is 2.10. The monoisotopic (exact) mass is 312 g/mol. The summed E-state index contributed by atoms with van der Waals surface area (Å²) in [6, 6.07) is 19.0. The molecule has 116 valence electrons. The van der Waals surface area contributed by atoms with Crippen molar-refractivity contribution in [3.05, 3.63) is 78.9 Å². The van der Waals surface area contributed by atoms with Crippen LogP contribution in [0.3, 0.4) is 0 Å². The molecule has 0 aliphatic heterocycles. The molecule has 0 radical (unpaired) electrons. The SMILES string of the molecule is Cc1ccccc1-c1cc2c(-c3ccncn3)cccc2c[n+]1C. The van der Waals surface area contributed by atoms with Crippen molar-refractivity contribution in [2.24, 2.45) is 7.05 Å². The van der Waals surface area contributed by atoms with E-state index in [9.17, 15) is 0 Å². The lowest BCUT2D eigenvalue weighted by Gasteiger charge is -2.09. The predicted molar refractivity (Wildman–Crippen MR) is 96.3 cm³/mol. The minimum atomic E-state index is 0.945. The Morgan fingerprint density at radius 3 is 2.54 bits per heavy atom. The normalized spacial score (nSPS) is 10.9. The molecule has 3 heteroatoms. The molecule has 4 aromatic rings. The van der Waals surface area contributed by atoms with Crippen LogP contribution >= 0.6 is 0 Å². The van der Waals surface area contributed by atoms with Gasteiger partial charge in [0.05, 0.1) is 5.69 Å². The third-order valence-corrected chi connectivity index (χ3v) is 4.41. The second-order valence-electron chi connectivity index (χ2n) is 5.99. The fraction of sp³-hybridized carbons (Fsp3) is 0.0952. The van der Waals surface area contributed by atoms with Crippen LogP contribution in [0.4, 0.5) is 0 Å². The van der Waals surface area contributed by atoms with E-state index in [1.54, 1.807) is 12.5 Å². The molecule has 0 aliphatic carbocycles. The molecule has 4 rings (SSSR count). The molecule has 0 N–H and O–H groups in total. The van der Waals surface area contributed by atoms with Gasteiger partial charge in [0.25, 0.3) is 0 Å². The van der Waals surface area contributed by atoms with Crippen molar-refractivity contribution in [1.82, 2.24) is 9.97 Å². The minimum absolute atomic E-state index is 0.945. The first-order valence-corrected chi connectivity index (χ1v) is 7.99. The zero-order valence-electron chi connectivity index (χ0n) is 13.8. The lowest BCUT2D eigenvalue weighted by atomic mass is 9.99. The third-order valence-electron chi connectivity index (χ3n) is 4.41. The molecule has 0 bridgehead atoms. The molecule has 2 aromatic carbocycles. The van der Waals surface area contributed by atoms with E-state index in [1.807, 2.05) is 6.07 Å². The number of aromatic nitrogens is 3. The number of pyridine rings is 1. The molecule has 2 aromatic heterocycles. The number of nitrogens with zero attached hydrogens (tertiary/aromatic N) is 3. The quantitative estimate of drug-likeness (QED) is 0.522. The Balaban J connectivity index is 2.02. The van der Waals surface area contributed by atoms with E-state index in [0.717, 1.165) is 11.3 Å². The van der Waals surface area contributed by atoms with E-state index in [-0.39, 0.29) is 0 Å². The van der Waals surface area contributed by atoms with Crippen LogP contribution in [0.5, 0.6) is 0 Å². The Morgan fingerprint density at radius 1 is 0.917 bits per heavy atom. The van der Waals surface area contributed by atoms with Crippen LogP contribution in [0.15, 0.2) is 73.3 Å². The Hall–Kier alpha value is -3.07. The van der Waals surface area contributed by atoms with E-state index in [0.29, 0.717) is 0 Å². The number of aryl methyl sites for hydroxylation is 2. The van der Waals surface area contributed by atoms with Gasteiger partial charge in [0.15, 0.2) is 6.20 Å². The first kappa shape index (κ1) is 14.5. The molecule has 0 saturated carbocycles. The van der Waals surface area contributed by atoms with Gasteiger partial charge in [0.2, 0.25) is 5.69 Å². The fourth-order valence-electron chi connectivity index (χ4n) is 3.17. The van der Waals surface area contributed by atoms with Crippen LogP contribution in [0.2, 0.25) is 0 Å². The van der Waals surface area contributed by atoms with Crippen LogP contribution in [0.25, 0.3) is 33.3 Å². The molecule has 0 saturated heterocycles. The van der Waals surface area contributed by atoms with Gasteiger partial charge in [-0.05, 0) is 30.7 Å². The van der Waals surface area contributed by atoms with Gasteiger partial charge in [-0.2, -0.15) is 0 Å². The van der Waals surface area contributed by atoms with Crippen LogP contribution in [-0.4, -0.2) is 9.97 Å². The minimum Gasteiger partial charge on any atom is -0.245 e. The van der Waals surface area contributed by atoms with E-state index in [2.05, 4.69) is 83.2 Å². The molecule has 0 atom stereocenters. The third kappa shape index (κ3) is 2.44. The maximum atomic E-state index is 4.42. The summed E-state index contributed by atoms with van der Waals surface area (Å²) in [4.78, 5) is 8.45. The Kier molecular flexibility index (Phi) is 3.54. The van der Waals surface area contributed by atoms with Crippen LogP contribution in [0.1, 0.15) is 5.56 Å². The zero-order valence-corrected chi connectivity index (χ0v) is 13.8. The van der Waals surface area contributed by atoms with Crippen molar-refractivity contribution in [2.75, 3.05) is 0 Å². The van der Waals surface area contributed by atoms with Crippen molar-refractivity contribution < 1.29 is 4.57 Å². The summed E-state index contributed by atoms with van der Waals surface area (Å²) in [6.07, 6.45) is 5.56. The van der Waals surface area contributed by atoms with Crippen molar-refractivity contribution in [3.63, 3.8) is 0 Å². The first-order chi connectivity index (χ1) is 11.7. The molecule has 0 spiro atoms. The van der Waals surface area contributed by atoms with Crippen molar-refractivity contribution in [3.8, 4) is 22.5 Å². The predicted octanol–water partition coefficient (Wildman–Crippen LogP) is 4.10. The summed E-state index contributed by atoms with van der Waals surface area (Å²) in [5.74, 6) is 0.